The minimum atomic E-state index is -0.741. The number of hydrogen-bond donors (Lipinski definition) is 5. The maximum absolute atomic E-state index is 9.70. The molecule has 0 aliphatic carbocycles. The number of carbonyl (C=O) groups is 2. The van der Waals surface area contributed by atoms with Crippen LogP contribution in [0.3, 0.4) is 0 Å². The molecule has 0 atom stereocenters. The second-order valence-electron chi connectivity index (χ2n) is 8.94. The van der Waals surface area contributed by atoms with Gasteiger partial charge in [0.1, 0.15) is 0 Å². The lowest BCUT2D eigenvalue weighted by atomic mass is 10.0. The van der Waals surface area contributed by atoms with Crippen molar-refractivity contribution >= 4 is 35.1 Å². The average Bonchev–Trinajstić information content (AvgIpc) is 2.62. The van der Waals surface area contributed by atoms with Crippen LogP contribution in [0.15, 0.2) is 30.3 Å². The molecule has 0 bridgehead atoms. The number of halogens is 1. The molecule has 0 saturated carbocycles. The molecule has 0 radical (unpaired) electrons. The zero-order valence-electron chi connectivity index (χ0n) is 20.0. The largest absolute Gasteiger partial charge is 0.504 e. The van der Waals surface area contributed by atoms with Gasteiger partial charge in [-0.25, -0.2) is 0 Å². The van der Waals surface area contributed by atoms with E-state index >= 15 is 0 Å². The van der Waals surface area contributed by atoms with E-state index in [2.05, 4.69) is 38.2 Å². The molecule has 2 aromatic rings. The lowest BCUT2D eigenvalue weighted by molar-refractivity contribution is -0.141. The van der Waals surface area contributed by atoms with E-state index in [0.717, 1.165) is 23.7 Å². The molecule has 8 heteroatoms. The van der Waals surface area contributed by atoms with Gasteiger partial charge in [-0.05, 0) is 62.2 Å². The Morgan fingerprint density at radius 1 is 0.844 bits per heavy atom. The van der Waals surface area contributed by atoms with E-state index < -0.39 is 11.9 Å². The summed E-state index contributed by atoms with van der Waals surface area (Å²) in [6.45, 7) is 13.9. The minimum Gasteiger partial charge on any atom is -0.504 e. The van der Waals surface area contributed by atoms with Gasteiger partial charge in [0.05, 0.1) is 11.8 Å². The SMILES string of the molecule is CC(C)(C)NCCc1ccc2cc(O)c(O)cc2c1.CC(C)C(=O)O.CC(C)C(=O)O.Cl. The fraction of sp³-hybridized carbons (Fsp3) is 0.500. The van der Waals surface area contributed by atoms with Crippen LogP contribution in [0.25, 0.3) is 10.8 Å². The molecule has 5 N–H and O–H groups in total. The van der Waals surface area contributed by atoms with E-state index in [-0.39, 0.29) is 41.3 Å². The van der Waals surface area contributed by atoms with Crippen molar-refractivity contribution in [2.45, 2.75) is 60.4 Å². The van der Waals surface area contributed by atoms with Crippen LogP contribution in [0, 0.1) is 11.8 Å². The number of fused-ring (bicyclic) bond motifs is 1. The van der Waals surface area contributed by atoms with Gasteiger partial charge < -0.3 is 25.7 Å². The average molecular weight is 472 g/mol. The maximum Gasteiger partial charge on any atom is 0.305 e. The van der Waals surface area contributed by atoms with Gasteiger partial charge in [0.25, 0.3) is 0 Å². The molecule has 2 aromatic carbocycles. The van der Waals surface area contributed by atoms with Crippen molar-refractivity contribution < 1.29 is 30.0 Å². The van der Waals surface area contributed by atoms with Crippen LogP contribution in [0.5, 0.6) is 11.5 Å². The monoisotopic (exact) mass is 471 g/mol. The summed E-state index contributed by atoms with van der Waals surface area (Å²) in [5.41, 5.74) is 1.34. The summed E-state index contributed by atoms with van der Waals surface area (Å²) in [5.74, 6) is -2.09. The van der Waals surface area contributed by atoms with Gasteiger partial charge in [-0.2, -0.15) is 0 Å². The summed E-state index contributed by atoms with van der Waals surface area (Å²) < 4.78 is 0. The van der Waals surface area contributed by atoms with Crippen LogP contribution in [-0.4, -0.2) is 44.4 Å². The predicted octanol–water partition coefficient (Wildman–Crippen LogP) is 5.06. The molecule has 7 nitrogen and oxygen atoms in total. The molecule has 0 aromatic heterocycles. The van der Waals surface area contributed by atoms with Crippen LogP contribution < -0.4 is 5.32 Å². The standard InChI is InChI=1S/C16H21NO2.2C4H8O2.ClH/c1-16(2,3)17-7-6-11-4-5-12-9-14(18)15(19)10-13(12)8-11;2*1-3(2)4(5)6;/h4-5,8-10,17-19H,6-7H2,1-3H3;2*3H,1-2H3,(H,5,6);1H. The van der Waals surface area contributed by atoms with Crippen molar-refractivity contribution in [3.8, 4) is 11.5 Å². The molecule has 0 saturated heterocycles. The van der Waals surface area contributed by atoms with E-state index in [9.17, 15) is 19.8 Å². The number of carboxylic acid groups (broad SMARTS) is 2. The third-order valence-corrected chi connectivity index (χ3v) is 4.05. The first-order valence-electron chi connectivity index (χ1n) is 10.3. The lowest BCUT2D eigenvalue weighted by Gasteiger charge is -2.20. The molecule has 0 heterocycles. The van der Waals surface area contributed by atoms with Crippen molar-refractivity contribution in [2.75, 3.05) is 6.54 Å². The van der Waals surface area contributed by atoms with Crippen LogP contribution in [0.1, 0.15) is 54.0 Å². The van der Waals surface area contributed by atoms with E-state index in [0.29, 0.717) is 0 Å². The third-order valence-electron chi connectivity index (χ3n) is 4.05. The Hall–Kier alpha value is -2.51. The van der Waals surface area contributed by atoms with Crippen LogP contribution in [0.2, 0.25) is 0 Å². The number of hydrogen-bond acceptors (Lipinski definition) is 5. The lowest BCUT2D eigenvalue weighted by Crippen LogP contribution is -2.37. The molecule has 0 fully saturated rings. The van der Waals surface area contributed by atoms with E-state index in [4.69, 9.17) is 10.2 Å². The third kappa shape index (κ3) is 13.7. The number of phenolic OH excluding ortho intramolecular Hbond substituents is 2. The zero-order chi connectivity index (χ0) is 24.4. The second kappa shape index (κ2) is 14.5. The first-order valence-corrected chi connectivity index (χ1v) is 10.3. The second-order valence-corrected chi connectivity index (χ2v) is 8.94. The van der Waals surface area contributed by atoms with Gasteiger partial charge in [-0.1, -0.05) is 45.9 Å². The molecule has 0 amide bonds. The summed E-state index contributed by atoms with van der Waals surface area (Å²) in [7, 11) is 0. The van der Waals surface area contributed by atoms with Crippen molar-refractivity contribution in [3.63, 3.8) is 0 Å². The Kier molecular flexibility index (Phi) is 14.4. The summed E-state index contributed by atoms with van der Waals surface area (Å²) in [6, 6.07) is 9.27. The molecule has 0 unspecified atom stereocenters. The van der Waals surface area contributed by atoms with Crippen molar-refractivity contribution in [2.24, 2.45) is 11.8 Å². The molecule has 0 aliphatic heterocycles. The Labute approximate surface area is 196 Å². The smallest absolute Gasteiger partial charge is 0.305 e. The first-order chi connectivity index (χ1) is 14.1. The highest BCUT2D eigenvalue weighted by Crippen LogP contribution is 2.30. The first kappa shape index (κ1) is 31.7. The molecule has 182 valence electrons. The molecule has 0 spiro atoms. The van der Waals surface area contributed by atoms with E-state index in [1.165, 1.54) is 5.56 Å². The highest BCUT2D eigenvalue weighted by molar-refractivity contribution is 5.86. The van der Waals surface area contributed by atoms with Crippen LogP contribution in [0.4, 0.5) is 0 Å². The summed E-state index contributed by atoms with van der Waals surface area (Å²) in [4.78, 5) is 19.4. The minimum absolute atomic E-state index is 0. The number of benzene rings is 2. The number of rotatable bonds is 5. The molecule has 0 aliphatic rings. The highest BCUT2D eigenvalue weighted by atomic mass is 35.5. The fourth-order valence-corrected chi connectivity index (χ4v) is 2.06. The number of carboxylic acids is 2. The topological polar surface area (TPSA) is 127 Å². The van der Waals surface area contributed by atoms with Crippen molar-refractivity contribution in [1.82, 2.24) is 5.32 Å². The predicted molar refractivity (Wildman–Crippen MR) is 131 cm³/mol. The Morgan fingerprint density at radius 3 is 1.62 bits per heavy atom. The van der Waals surface area contributed by atoms with Gasteiger partial charge in [0.2, 0.25) is 0 Å². The fourth-order valence-electron chi connectivity index (χ4n) is 2.06. The number of aliphatic carboxylic acids is 2. The van der Waals surface area contributed by atoms with Crippen molar-refractivity contribution in [1.29, 1.82) is 0 Å². The highest BCUT2D eigenvalue weighted by Gasteiger charge is 2.08. The van der Waals surface area contributed by atoms with E-state index in [1.807, 2.05) is 6.07 Å². The Morgan fingerprint density at radius 2 is 1.25 bits per heavy atom. The normalized spacial score (nSPS) is 10.5. The van der Waals surface area contributed by atoms with Crippen molar-refractivity contribution in [3.05, 3.63) is 35.9 Å². The van der Waals surface area contributed by atoms with Gasteiger partial charge >= 0.3 is 11.9 Å². The van der Waals surface area contributed by atoms with Crippen LogP contribution in [-0.2, 0) is 16.0 Å². The molecule has 32 heavy (non-hydrogen) atoms. The van der Waals surface area contributed by atoms with Gasteiger partial charge in [-0.3, -0.25) is 9.59 Å². The molecule has 2 rings (SSSR count). The van der Waals surface area contributed by atoms with Gasteiger partial charge in [-0.15, -0.1) is 12.4 Å². The Bertz CT molecular complexity index is 841. The number of phenols is 2. The summed E-state index contributed by atoms with van der Waals surface area (Å²) in [5, 5.41) is 40.3. The van der Waals surface area contributed by atoms with Gasteiger partial charge in [0, 0.05) is 5.54 Å². The molecular formula is C24H38ClNO6. The van der Waals surface area contributed by atoms with E-state index in [1.54, 1.807) is 39.8 Å². The zero-order valence-corrected chi connectivity index (χ0v) is 20.8. The number of aromatic hydroxyl groups is 2. The number of nitrogens with one attached hydrogen (secondary N) is 1. The Balaban J connectivity index is 0. The van der Waals surface area contributed by atoms with Gasteiger partial charge in [0.15, 0.2) is 11.5 Å². The van der Waals surface area contributed by atoms with Crippen LogP contribution >= 0.6 is 12.4 Å². The summed E-state index contributed by atoms with van der Waals surface area (Å²) >= 11 is 0. The molecular weight excluding hydrogens is 434 g/mol. The quantitative estimate of drug-likeness (QED) is 0.386. The maximum atomic E-state index is 9.70. The summed E-state index contributed by atoms with van der Waals surface area (Å²) in [6.07, 6.45) is 0.939.